The number of hydrogen-bond donors (Lipinski definition) is 2. The van der Waals surface area contributed by atoms with E-state index in [9.17, 15) is 23.1 Å². The Balaban J connectivity index is 1.28. The highest BCUT2D eigenvalue weighted by atomic mass is 32.2. The van der Waals surface area contributed by atoms with E-state index >= 15 is 0 Å². The lowest BCUT2D eigenvalue weighted by atomic mass is 10.1. The van der Waals surface area contributed by atoms with Gasteiger partial charge in [-0.15, -0.1) is 0 Å². The number of likely N-dealkylation sites (tertiary alicyclic amines) is 1. The van der Waals surface area contributed by atoms with Crippen molar-refractivity contribution in [2.45, 2.75) is 50.5 Å². The van der Waals surface area contributed by atoms with Gasteiger partial charge in [0.15, 0.2) is 0 Å². The van der Waals surface area contributed by atoms with E-state index in [1.165, 1.54) is 37.6 Å². The molecule has 0 aromatic heterocycles. The molecule has 2 aromatic carbocycles. The third-order valence-corrected chi connectivity index (χ3v) is 9.92. The van der Waals surface area contributed by atoms with Crippen LogP contribution in [0.15, 0.2) is 35.2 Å². The van der Waals surface area contributed by atoms with Gasteiger partial charge in [0.05, 0.1) is 24.0 Å². The first-order valence-electron chi connectivity index (χ1n) is 13.7. The molecule has 0 bridgehead atoms. The smallest absolute Gasteiger partial charge is 0.243 e. The second kappa shape index (κ2) is 12.6. The minimum absolute atomic E-state index is 0.0245. The van der Waals surface area contributed by atoms with Gasteiger partial charge >= 0.3 is 0 Å². The Morgan fingerprint density at radius 2 is 1.77 bits per heavy atom. The van der Waals surface area contributed by atoms with Crippen LogP contribution >= 0.6 is 0 Å². The lowest BCUT2D eigenvalue weighted by Crippen LogP contribution is -2.43. The molecule has 1 unspecified atom stereocenters. The van der Waals surface area contributed by atoms with E-state index in [1.54, 1.807) is 25.8 Å². The zero-order valence-corrected chi connectivity index (χ0v) is 24.6. The van der Waals surface area contributed by atoms with E-state index in [0.717, 1.165) is 48.1 Å². The van der Waals surface area contributed by atoms with E-state index in [2.05, 4.69) is 16.3 Å². The Bertz CT molecular complexity index is 1330. The van der Waals surface area contributed by atoms with Gasteiger partial charge in [0.1, 0.15) is 18.1 Å². The first-order valence-corrected chi connectivity index (χ1v) is 15.2. The van der Waals surface area contributed by atoms with Crippen LogP contribution in [0.5, 0.6) is 11.5 Å². The molecule has 1 heterocycles. The minimum atomic E-state index is -3.97. The Morgan fingerprint density at radius 3 is 2.45 bits per heavy atom. The maximum Gasteiger partial charge on any atom is 0.243 e. The number of carbonyl (C=O) groups is 2. The molecule has 1 saturated heterocycles. The Hall–Kier alpha value is -3.15. The van der Waals surface area contributed by atoms with E-state index in [4.69, 9.17) is 4.74 Å². The third-order valence-electron chi connectivity index (χ3n) is 7.81. The molecular weight excluding hydrogens is 532 g/mol. The van der Waals surface area contributed by atoms with Crippen LogP contribution in [0.3, 0.4) is 0 Å². The molecule has 1 fully saturated rings. The van der Waals surface area contributed by atoms with Crippen LogP contribution < -0.4 is 10.1 Å². The molecule has 1 aliphatic heterocycles. The molecule has 1 aliphatic carbocycles. The number of amides is 2. The SMILES string of the molecule is Cc1cc(O)cc(C)c1S(=O)(=O)N(C)CC(=O)NCC(=O)N(C)C1CCc2cc(OCCN3CCCC3)ccc21. The minimum Gasteiger partial charge on any atom is -0.508 e. The summed E-state index contributed by atoms with van der Waals surface area (Å²) in [6.45, 7) is 6.39. The fourth-order valence-electron chi connectivity index (χ4n) is 5.67. The summed E-state index contributed by atoms with van der Waals surface area (Å²) in [5.41, 5.74) is 3.02. The van der Waals surface area contributed by atoms with Crippen molar-refractivity contribution in [3.05, 3.63) is 52.6 Å². The van der Waals surface area contributed by atoms with Gasteiger partial charge in [-0.1, -0.05) is 6.07 Å². The van der Waals surface area contributed by atoms with Crippen molar-refractivity contribution < 1.29 is 27.9 Å². The molecular formula is C29H40N4O6S. The standard InChI is InChI=1S/C29H40N4O6S/c1-20-15-23(34)16-21(2)29(20)40(37,38)31(3)19-27(35)30-18-28(36)32(4)26-10-7-22-17-24(8-9-25(22)26)39-14-13-33-11-5-6-12-33/h8-9,15-17,26,34H,5-7,10-14,18-19H2,1-4H3,(H,30,35). The average molecular weight is 573 g/mol. The van der Waals surface area contributed by atoms with Crippen LogP contribution in [0.4, 0.5) is 0 Å². The molecule has 40 heavy (non-hydrogen) atoms. The molecule has 4 rings (SSSR count). The Kier molecular flexibility index (Phi) is 9.37. The quantitative estimate of drug-likeness (QED) is 0.424. The van der Waals surface area contributed by atoms with Crippen molar-refractivity contribution in [2.24, 2.45) is 0 Å². The van der Waals surface area contributed by atoms with Crippen LogP contribution in [0.25, 0.3) is 0 Å². The number of aromatic hydroxyl groups is 1. The van der Waals surface area contributed by atoms with Crippen molar-refractivity contribution in [1.82, 2.24) is 19.4 Å². The largest absolute Gasteiger partial charge is 0.508 e. The molecule has 0 spiro atoms. The summed E-state index contributed by atoms with van der Waals surface area (Å²) in [7, 11) is -0.936. The maximum atomic E-state index is 13.1. The number of nitrogens with one attached hydrogen (secondary N) is 1. The van der Waals surface area contributed by atoms with E-state index in [0.29, 0.717) is 17.7 Å². The van der Waals surface area contributed by atoms with Crippen molar-refractivity contribution in [2.75, 3.05) is 53.4 Å². The fourth-order valence-corrected chi connectivity index (χ4v) is 7.20. The van der Waals surface area contributed by atoms with Gasteiger partial charge in [-0.05, 0) is 99.1 Å². The van der Waals surface area contributed by atoms with Gasteiger partial charge in [0.25, 0.3) is 0 Å². The van der Waals surface area contributed by atoms with E-state index < -0.39 is 22.5 Å². The molecule has 0 saturated carbocycles. The second-order valence-corrected chi connectivity index (χ2v) is 12.7. The number of ether oxygens (including phenoxy) is 1. The number of fused-ring (bicyclic) bond motifs is 1. The second-order valence-electron chi connectivity index (χ2n) is 10.8. The average Bonchev–Trinajstić information content (AvgIpc) is 3.56. The summed E-state index contributed by atoms with van der Waals surface area (Å²) in [5.74, 6) is -0.0162. The van der Waals surface area contributed by atoms with E-state index in [-0.39, 0.29) is 29.1 Å². The van der Waals surface area contributed by atoms with Crippen molar-refractivity contribution in [1.29, 1.82) is 0 Å². The van der Waals surface area contributed by atoms with Crippen LogP contribution in [-0.2, 0) is 26.0 Å². The van der Waals surface area contributed by atoms with Gasteiger partial charge in [0, 0.05) is 20.6 Å². The van der Waals surface area contributed by atoms with Crippen molar-refractivity contribution >= 4 is 21.8 Å². The zero-order chi connectivity index (χ0) is 29.0. The number of phenols is 1. The van der Waals surface area contributed by atoms with Crippen molar-refractivity contribution in [3.8, 4) is 11.5 Å². The highest BCUT2D eigenvalue weighted by Crippen LogP contribution is 2.37. The number of benzene rings is 2. The highest BCUT2D eigenvalue weighted by molar-refractivity contribution is 7.89. The highest BCUT2D eigenvalue weighted by Gasteiger charge is 2.30. The van der Waals surface area contributed by atoms with Crippen LogP contribution in [0.1, 0.15) is 47.6 Å². The summed E-state index contributed by atoms with van der Waals surface area (Å²) in [6, 6.07) is 8.68. The molecule has 218 valence electrons. The predicted octanol–water partition coefficient (Wildman–Crippen LogP) is 2.37. The molecule has 2 amide bonds. The summed E-state index contributed by atoms with van der Waals surface area (Å²) in [5, 5.41) is 12.3. The lowest BCUT2D eigenvalue weighted by Gasteiger charge is -2.26. The van der Waals surface area contributed by atoms with Gasteiger partial charge in [-0.3, -0.25) is 14.5 Å². The van der Waals surface area contributed by atoms with Crippen LogP contribution in [-0.4, -0.2) is 92.9 Å². The number of carbonyl (C=O) groups excluding carboxylic acids is 2. The molecule has 11 heteroatoms. The molecule has 2 N–H and O–H groups in total. The fraction of sp³-hybridized carbons (Fsp3) is 0.517. The Morgan fingerprint density at radius 1 is 1.10 bits per heavy atom. The first kappa shape index (κ1) is 29.8. The number of nitrogens with zero attached hydrogens (tertiary/aromatic N) is 3. The topological polar surface area (TPSA) is 119 Å². The Labute approximate surface area is 237 Å². The normalized spacial score (nSPS) is 17.2. The lowest BCUT2D eigenvalue weighted by molar-refractivity contribution is -0.133. The molecule has 2 aromatic rings. The molecule has 1 atom stereocenters. The third kappa shape index (κ3) is 6.76. The number of hydrogen-bond acceptors (Lipinski definition) is 7. The van der Waals surface area contributed by atoms with Gasteiger partial charge in [-0.2, -0.15) is 4.31 Å². The predicted molar refractivity (Wildman–Crippen MR) is 152 cm³/mol. The summed E-state index contributed by atoms with van der Waals surface area (Å²) in [6.07, 6.45) is 4.15. The van der Waals surface area contributed by atoms with Crippen LogP contribution in [0.2, 0.25) is 0 Å². The number of likely N-dealkylation sites (N-methyl/N-ethyl adjacent to an activating group) is 2. The number of rotatable bonds is 11. The van der Waals surface area contributed by atoms with Gasteiger partial charge < -0.3 is 20.1 Å². The molecule has 10 nitrogen and oxygen atoms in total. The summed E-state index contributed by atoms with van der Waals surface area (Å²) < 4.78 is 33.1. The van der Waals surface area contributed by atoms with Crippen molar-refractivity contribution in [3.63, 3.8) is 0 Å². The number of phenolic OH excluding ortho intramolecular Hbond substituents is 1. The maximum absolute atomic E-state index is 13.1. The monoisotopic (exact) mass is 572 g/mol. The van der Waals surface area contributed by atoms with Gasteiger partial charge in [0.2, 0.25) is 21.8 Å². The van der Waals surface area contributed by atoms with E-state index in [1.807, 2.05) is 12.1 Å². The number of aryl methyl sites for hydroxylation is 3. The van der Waals surface area contributed by atoms with Gasteiger partial charge in [-0.25, -0.2) is 8.42 Å². The zero-order valence-electron chi connectivity index (χ0n) is 23.8. The summed E-state index contributed by atoms with van der Waals surface area (Å²) >= 11 is 0. The number of sulfonamides is 1. The molecule has 0 radical (unpaired) electrons. The summed E-state index contributed by atoms with van der Waals surface area (Å²) in [4.78, 5) is 29.6. The molecule has 2 aliphatic rings. The first-order chi connectivity index (χ1) is 19.0. The van der Waals surface area contributed by atoms with Crippen LogP contribution in [0, 0.1) is 13.8 Å².